The Morgan fingerprint density at radius 3 is 2.64 bits per heavy atom. The molecule has 7 nitrogen and oxygen atoms in total. The number of carboxylic acid groups (broad SMARTS) is 1. The van der Waals surface area contributed by atoms with E-state index >= 15 is 0 Å². The number of aromatic nitrogens is 2. The van der Waals surface area contributed by atoms with Crippen molar-refractivity contribution >= 4 is 22.8 Å². The van der Waals surface area contributed by atoms with Gasteiger partial charge in [-0.25, -0.2) is 4.98 Å². The zero-order valence-electron chi connectivity index (χ0n) is 13.8. The minimum atomic E-state index is -1.29. The number of para-hydroxylation sites is 1. The molecular weight excluding hydrogens is 322 g/mol. The van der Waals surface area contributed by atoms with Gasteiger partial charge in [0.25, 0.3) is 5.56 Å². The Labute approximate surface area is 144 Å². The lowest BCUT2D eigenvalue weighted by atomic mass is 9.81. The topological polar surface area (TPSA) is 104 Å². The average Bonchev–Trinajstić information content (AvgIpc) is 2.63. The van der Waals surface area contributed by atoms with Crippen LogP contribution in [0.15, 0.2) is 35.4 Å². The fourth-order valence-electron chi connectivity index (χ4n) is 3.43. The molecule has 1 fully saturated rings. The molecule has 0 aliphatic heterocycles. The Balaban J connectivity index is 1.59. The van der Waals surface area contributed by atoms with Gasteiger partial charge in [-0.05, 0) is 43.7 Å². The number of hydrogen-bond acceptors (Lipinski definition) is 5. The van der Waals surface area contributed by atoms with Crippen LogP contribution in [0.2, 0.25) is 0 Å². The van der Waals surface area contributed by atoms with Gasteiger partial charge in [-0.2, -0.15) is 0 Å². The smallest absolute Gasteiger partial charge is 0.261 e. The number of carbonyl (C=O) groups excluding carboxylic acids is 2. The molecule has 0 spiro atoms. The average molecular weight is 342 g/mol. The highest BCUT2D eigenvalue weighted by Crippen LogP contribution is 2.29. The second-order valence-corrected chi connectivity index (χ2v) is 6.53. The summed E-state index contributed by atoms with van der Waals surface area (Å²) >= 11 is 0. The second kappa shape index (κ2) is 7.46. The molecule has 0 bridgehead atoms. The van der Waals surface area contributed by atoms with Crippen LogP contribution in [0.1, 0.15) is 25.7 Å². The van der Waals surface area contributed by atoms with Gasteiger partial charge in [0.2, 0.25) is 5.91 Å². The van der Waals surface area contributed by atoms with E-state index in [1.807, 2.05) is 18.2 Å². The van der Waals surface area contributed by atoms with Crippen LogP contribution in [-0.2, 0) is 16.1 Å². The Morgan fingerprint density at radius 1 is 1.20 bits per heavy atom. The van der Waals surface area contributed by atoms with E-state index in [1.165, 1.54) is 0 Å². The van der Waals surface area contributed by atoms with Crippen LogP contribution in [0.5, 0.6) is 0 Å². The van der Waals surface area contributed by atoms with Gasteiger partial charge >= 0.3 is 0 Å². The third kappa shape index (κ3) is 4.04. The first-order chi connectivity index (χ1) is 12.0. The van der Waals surface area contributed by atoms with Crippen molar-refractivity contribution in [2.75, 3.05) is 6.54 Å². The van der Waals surface area contributed by atoms with E-state index in [9.17, 15) is 19.5 Å². The first-order valence-corrected chi connectivity index (χ1v) is 8.46. The summed E-state index contributed by atoms with van der Waals surface area (Å²) in [7, 11) is 0. The summed E-state index contributed by atoms with van der Waals surface area (Å²) in [4.78, 5) is 39.2. The normalized spacial score (nSPS) is 20.3. The van der Waals surface area contributed by atoms with Crippen molar-refractivity contribution in [3.05, 3.63) is 40.9 Å². The molecule has 0 saturated heterocycles. The molecule has 1 aliphatic carbocycles. The third-order valence-corrected chi connectivity index (χ3v) is 4.81. The molecule has 1 aliphatic rings. The van der Waals surface area contributed by atoms with Crippen LogP contribution in [0.3, 0.4) is 0 Å². The maximum Gasteiger partial charge on any atom is 0.261 e. The summed E-state index contributed by atoms with van der Waals surface area (Å²) < 4.78 is 1.64. The Kier molecular flexibility index (Phi) is 5.11. The molecule has 7 heteroatoms. The molecule has 2 aromatic rings. The van der Waals surface area contributed by atoms with Crippen molar-refractivity contribution in [3.63, 3.8) is 0 Å². The van der Waals surface area contributed by atoms with Crippen LogP contribution in [0.4, 0.5) is 0 Å². The number of nitrogens with one attached hydrogen (secondary N) is 1. The molecule has 1 aromatic carbocycles. The molecular formula is C18H20N3O4-. The quantitative estimate of drug-likeness (QED) is 0.828. The van der Waals surface area contributed by atoms with Gasteiger partial charge in [0.15, 0.2) is 0 Å². The van der Waals surface area contributed by atoms with Crippen molar-refractivity contribution in [1.29, 1.82) is 0 Å². The molecule has 0 unspecified atom stereocenters. The number of rotatable bonds is 5. The van der Waals surface area contributed by atoms with Crippen LogP contribution in [0, 0.1) is 11.8 Å². The maximum atomic E-state index is 12.5. The Hall–Kier alpha value is -2.70. The first-order valence-electron chi connectivity index (χ1n) is 8.46. The zero-order chi connectivity index (χ0) is 17.8. The van der Waals surface area contributed by atoms with Crippen LogP contribution < -0.4 is 16.0 Å². The zero-order valence-corrected chi connectivity index (χ0v) is 13.8. The number of hydrogen-bond donors (Lipinski definition) is 1. The molecule has 0 radical (unpaired) electrons. The fourth-order valence-corrected chi connectivity index (χ4v) is 3.43. The minimum absolute atomic E-state index is 0.0422. The number of amides is 1. The predicted octanol–water partition coefficient (Wildman–Crippen LogP) is 0.0690. The molecule has 1 aromatic heterocycles. The van der Waals surface area contributed by atoms with Crippen molar-refractivity contribution in [2.45, 2.75) is 32.2 Å². The van der Waals surface area contributed by atoms with Gasteiger partial charge in [-0.1, -0.05) is 12.1 Å². The van der Waals surface area contributed by atoms with E-state index in [-0.39, 0.29) is 17.4 Å². The molecule has 0 atom stereocenters. The third-order valence-electron chi connectivity index (χ3n) is 4.81. The van der Waals surface area contributed by atoms with Crippen LogP contribution in [-0.4, -0.2) is 28.0 Å². The summed E-state index contributed by atoms with van der Waals surface area (Å²) in [5.41, 5.74) is 0.650. The van der Waals surface area contributed by atoms with E-state index in [4.69, 9.17) is 0 Å². The van der Waals surface area contributed by atoms with Gasteiger partial charge in [0.05, 0.1) is 29.7 Å². The summed E-state index contributed by atoms with van der Waals surface area (Å²) in [6.07, 6.45) is 4.62. The van der Waals surface area contributed by atoms with E-state index < -0.39 is 12.5 Å². The summed E-state index contributed by atoms with van der Waals surface area (Å²) in [6, 6.07) is 7.27. The highest BCUT2D eigenvalue weighted by molar-refractivity contribution is 5.82. The molecule has 3 rings (SSSR count). The van der Waals surface area contributed by atoms with Gasteiger partial charge < -0.3 is 15.2 Å². The van der Waals surface area contributed by atoms with E-state index in [1.54, 1.807) is 17.0 Å². The van der Waals surface area contributed by atoms with Crippen molar-refractivity contribution in [1.82, 2.24) is 14.9 Å². The monoisotopic (exact) mass is 342 g/mol. The predicted molar refractivity (Wildman–Crippen MR) is 89.5 cm³/mol. The lowest BCUT2D eigenvalue weighted by Gasteiger charge is -2.28. The van der Waals surface area contributed by atoms with Crippen LogP contribution in [0.25, 0.3) is 10.9 Å². The maximum absolute atomic E-state index is 12.5. The van der Waals surface area contributed by atoms with Gasteiger partial charge in [-0.3, -0.25) is 14.2 Å². The van der Waals surface area contributed by atoms with E-state index in [0.29, 0.717) is 36.2 Å². The van der Waals surface area contributed by atoms with Crippen LogP contribution >= 0.6 is 0 Å². The van der Waals surface area contributed by atoms with Gasteiger partial charge in [-0.15, -0.1) is 0 Å². The molecule has 132 valence electrons. The second-order valence-electron chi connectivity index (χ2n) is 6.53. The molecule has 1 amide bonds. The van der Waals surface area contributed by atoms with E-state index in [2.05, 4.69) is 10.3 Å². The lowest BCUT2D eigenvalue weighted by Crippen LogP contribution is -2.41. The highest BCUT2D eigenvalue weighted by Gasteiger charge is 2.26. The molecule has 1 heterocycles. The van der Waals surface area contributed by atoms with Gasteiger partial charge in [0, 0.05) is 12.5 Å². The first kappa shape index (κ1) is 17.1. The fraction of sp³-hybridized carbons (Fsp3) is 0.444. The Bertz CT molecular complexity index is 838. The number of nitrogens with zero attached hydrogens (tertiary/aromatic N) is 2. The van der Waals surface area contributed by atoms with Gasteiger partial charge in [0.1, 0.15) is 0 Å². The minimum Gasteiger partial charge on any atom is -0.548 e. The molecule has 25 heavy (non-hydrogen) atoms. The van der Waals surface area contributed by atoms with Crippen molar-refractivity contribution < 1.29 is 14.7 Å². The summed E-state index contributed by atoms with van der Waals surface area (Å²) in [5.74, 6) is -1.37. The number of carboxylic acids is 1. The highest BCUT2D eigenvalue weighted by atomic mass is 16.4. The number of fused-ring (bicyclic) bond motifs is 1. The number of benzene rings is 1. The number of carbonyl (C=O) groups is 2. The molecule has 1 N–H and O–H groups in total. The standard InChI is InChI=1S/C18H21N3O4/c22-16(23)9-19-17(24)13-7-5-12(6-8-13)10-21-11-20-15-4-2-1-3-14(15)18(21)25/h1-4,11-13H,5-10H2,(H,19,24)(H,22,23)/p-1. The molecule has 1 saturated carbocycles. The van der Waals surface area contributed by atoms with Crippen molar-refractivity contribution in [3.8, 4) is 0 Å². The summed E-state index contributed by atoms with van der Waals surface area (Å²) in [6.45, 7) is 0.140. The summed E-state index contributed by atoms with van der Waals surface area (Å²) in [5, 5.41) is 13.4. The van der Waals surface area contributed by atoms with Crippen molar-refractivity contribution in [2.24, 2.45) is 11.8 Å². The lowest BCUT2D eigenvalue weighted by molar-refractivity contribution is -0.304. The SMILES string of the molecule is O=C([O-])CNC(=O)C1CCC(Cn2cnc3ccccc3c2=O)CC1. The number of aliphatic carboxylic acids is 1. The van der Waals surface area contributed by atoms with E-state index in [0.717, 1.165) is 12.8 Å². The Morgan fingerprint density at radius 2 is 1.92 bits per heavy atom. The largest absolute Gasteiger partial charge is 0.548 e.